The first-order chi connectivity index (χ1) is 13.4. The summed E-state index contributed by atoms with van der Waals surface area (Å²) in [6.45, 7) is 0.295. The molecule has 0 atom stereocenters. The van der Waals surface area contributed by atoms with Gasteiger partial charge in [0.05, 0.1) is 29.9 Å². The third-order valence-corrected chi connectivity index (χ3v) is 4.03. The van der Waals surface area contributed by atoms with E-state index in [-0.39, 0.29) is 23.8 Å². The van der Waals surface area contributed by atoms with E-state index in [1.165, 1.54) is 25.5 Å². The number of carbonyl (C=O) groups is 1. The number of ether oxygens (including phenoxy) is 2. The van der Waals surface area contributed by atoms with E-state index in [0.717, 1.165) is 0 Å². The van der Waals surface area contributed by atoms with E-state index in [4.69, 9.17) is 32.7 Å². The fraction of sp³-hybridized carbons (Fsp3) is 0.222. The average Bonchev–Trinajstić information content (AvgIpc) is 2.66. The second kappa shape index (κ2) is 10.5. The van der Waals surface area contributed by atoms with Gasteiger partial charge in [0.1, 0.15) is 5.75 Å². The summed E-state index contributed by atoms with van der Waals surface area (Å²) >= 11 is 11.8. The first-order valence-electron chi connectivity index (χ1n) is 8.13. The molecule has 0 aliphatic rings. The highest BCUT2D eigenvalue weighted by molar-refractivity contribution is 6.35. The molecule has 2 rings (SSSR count). The van der Waals surface area contributed by atoms with Crippen molar-refractivity contribution in [2.75, 3.05) is 13.7 Å². The Kier molecular flexibility index (Phi) is 8.03. The Morgan fingerprint density at radius 3 is 2.68 bits per heavy atom. The summed E-state index contributed by atoms with van der Waals surface area (Å²) in [6.07, 6.45) is 1.95. The maximum atomic E-state index is 11.8. The highest BCUT2D eigenvalue weighted by Gasteiger charge is 2.14. The summed E-state index contributed by atoms with van der Waals surface area (Å²) in [5.41, 5.74) is 2.62. The van der Waals surface area contributed by atoms with Crippen LogP contribution in [0, 0.1) is 10.1 Å². The van der Waals surface area contributed by atoms with Crippen molar-refractivity contribution < 1.29 is 19.2 Å². The Balaban J connectivity index is 1.77. The van der Waals surface area contributed by atoms with E-state index in [0.29, 0.717) is 34.4 Å². The standard InChI is InChI=1S/C18H17Cl2N3O5/c1-27-17-6-4-12(9-15(17)23(25)26)11-21-22-18(24)3-2-8-28-16-7-5-13(19)10-14(16)20/h4-7,9-11H,2-3,8H2,1H3,(H,22,24)/b21-11-. The van der Waals surface area contributed by atoms with Crippen LogP contribution in [0.3, 0.4) is 0 Å². The van der Waals surface area contributed by atoms with Gasteiger partial charge in [0.2, 0.25) is 5.91 Å². The molecule has 0 aliphatic carbocycles. The third-order valence-electron chi connectivity index (χ3n) is 3.50. The molecule has 0 radical (unpaired) electrons. The second-order valence-corrected chi connectivity index (χ2v) is 6.35. The van der Waals surface area contributed by atoms with Gasteiger partial charge in [0.25, 0.3) is 0 Å². The normalized spacial score (nSPS) is 10.7. The van der Waals surface area contributed by atoms with Crippen molar-refractivity contribution in [3.63, 3.8) is 0 Å². The number of amides is 1. The lowest BCUT2D eigenvalue weighted by molar-refractivity contribution is -0.385. The second-order valence-electron chi connectivity index (χ2n) is 5.51. The molecule has 0 fully saturated rings. The number of halogens is 2. The fourth-order valence-electron chi connectivity index (χ4n) is 2.17. The summed E-state index contributed by atoms with van der Waals surface area (Å²) in [4.78, 5) is 22.2. The topological polar surface area (TPSA) is 103 Å². The average molecular weight is 426 g/mol. The molecular weight excluding hydrogens is 409 g/mol. The molecule has 2 aromatic rings. The lowest BCUT2D eigenvalue weighted by atomic mass is 10.2. The molecule has 0 aromatic heterocycles. The van der Waals surface area contributed by atoms with Gasteiger partial charge in [-0.1, -0.05) is 23.2 Å². The molecule has 10 heteroatoms. The molecule has 0 spiro atoms. The lowest BCUT2D eigenvalue weighted by Crippen LogP contribution is -2.18. The van der Waals surface area contributed by atoms with Crippen LogP contribution in [0.15, 0.2) is 41.5 Å². The maximum absolute atomic E-state index is 11.8. The number of nitro groups is 1. The van der Waals surface area contributed by atoms with Crippen molar-refractivity contribution >= 4 is 41.0 Å². The van der Waals surface area contributed by atoms with E-state index in [9.17, 15) is 14.9 Å². The molecule has 0 aliphatic heterocycles. The largest absolute Gasteiger partial charge is 0.492 e. The van der Waals surface area contributed by atoms with E-state index < -0.39 is 4.92 Å². The SMILES string of the molecule is COc1ccc(/C=N\NC(=O)CCCOc2ccc(Cl)cc2Cl)cc1[N+](=O)[O-]. The summed E-state index contributed by atoms with van der Waals surface area (Å²) in [5, 5.41) is 15.7. The van der Waals surface area contributed by atoms with Crippen molar-refractivity contribution in [1.29, 1.82) is 0 Å². The van der Waals surface area contributed by atoms with Crippen LogP contribution < -0.4 is 14.9 Å². The van der Waals surface area contributed by atoms with Crippen LogP contribution in [-0.4, -0.2) is 30.8 Å². The van der Waals surface area contributed by atoms with Crippen LogP contribution in [0.25, 0.3) is 0 Å². The summed E-state index contributed by atoms with van der Waals surface area (Å²) in [7, 11) is 1.35. The van der Waals surface area contributed by atoms with Crippen LogP contribution in [0.1, 0.15) is 18.4 Å². The van der Waals surface area contributed by atoms with Gasteiger partial charge in [-0.2, -0.15) is 5.10 Å². The number of rotatable bonds is 9. The molecule has 1 amide bonds. The van der Waals surface area contributed by atoms with Crippen LogP contribution in [0.4, 0.5) is 5.69 Å². The highest BCUT2D eigenvalue weighted by atomic mass is 35.5. The highest BCUT2D eigenvalue weighted by Crippen LogP contribution is 2.28. The van der Waals surface area contributed by atoms with Gasteiger partial charge >= 0.3 is 5.69 Å². The molecule has 1 N–H and O–H groups in total. The molecule has 0 saturated carbocycles. The van der Waals surface area contributed by atoms with E-state index in [1.54, 1.807) is 24.3 Å². The molecule has 2 aromatic carbocycles. The third kappa shape index (κ3) is 6.40. The van der Waals surface area contributed by atoms with Crippen molar-refractivity contribution in [3.8, 4) is 11.5 Å². The minimum absolute atomic E-state index is 0.145. The Hall–Kier alpha value is -2.84. The molecule has 148 valence electrons. The molecule has 0 unspecified atom stereocenters. The van der Waals surface area contributed by atoms with Gasteiger partial charge in [0, 0.05) is 23.1 Å². The maximum Gasteiger partial charge on any atom is 0.311 e. The smallest absolute Gasteiger partial charge is 0.311 e. The summed E-state index contributed by atoms with van der Waals surface area (Å²) in [6, 6.07) is 9.24. The zero-order valence-electron chi connectivity index (χ0n) is 14.9. The molecule has 8 nitrogen and oxygen atoms in total. The number of methoxy groups -OCH3 is 1. The quantitative estimate of drug-likeness (QED) is 0.280. The minimum Gasteiger partial charge on any atom is -0.492 e. The monoisotopic (exact) mass is 425 g/mol. The molecule has 28 heavy (non-hydrogen) atoms. The van der Waals surface area contributed by atoms with Gasteiger partial charge in [-0.05, 0) is 36.8 Å². The number of hydrogen-bond acceptors (Lipinski definition) is 6. The predicted molar refractivity (Wildman–Crippen MR) is 107 cm³/mol. The first-order valence-corrected chi connectivity index (χ1v) is 8.88. The van der Waals surface area contributed by atoms with Crippen molar-refractivity contribution in [1.82, 2.24) is 5.43 Å². The van der Waals surface area contributed by atoms with Crippen LogP contribution in [-0.2, 0) is 4.79 Å². The van der Waals surface area contributed by atoms with Gasteiger partial charge in [-0.3, -0.25) is 14.9 Å². The van der Waals surface area contributed by atoms with E-state index in [1.807, 2.05) is 0 Å². The summed E-state index contributed by atoms with van der Waals surface area (Å²) in [5.74, 6) is 0.322. The van der Waals surface area contributed by atoms with Crippen molar-refractivity contribution in [2.45, 2.75) is 12.8 Å². The van der Waals surface area contributed by atoms with Gasteiger partial charge < -0.3 is 9.47 Å². The molecule has 0 bridgehead atoms. The molecule has 0 saturated heterocycles. The zero-order chi connectivity index (χ0) is 20.5. The molecular formula is C18H17Cl2N3O5. The van der Waals surface area contributed by atoms with Crippen molar-refractivity contribution in [2.24, 2.45) is 5.10 Å². The van der Waals surface area contributed by atoms with Crippen molar-refractivity contribution in [3.05, 3.63) is 62.1 Å². The van der Waals surface area contributed by atoms with Gasteiger partial charge in [0.15, 0.2) is 5.75 Å². The minimum atomic E-state index is -0.554. The van der Waals surface area contributed by atoms with Crippen LogP contribution in [0.2, 0.25) is 10.0 Å². The summed E-state index contributed by atoms with van der Waals surface area (Å²) < 4.78 is 10.4. The lowest BCUT2D eigenvalue weighted by Gasteiger charge is -2.07. The number of carbonyl (C=O) groups excluding carboxylic acids is 1. The Morgan fingerprint density at radius 2 is 2.00 bits per heavy atom. The number of benzene rings is 2. The Labute approximate surface area is 171 Å². The van der Waals surface area contributed by atoms with Gasteiger partial charge in [-0.15, -0.1) is 0 Å². The number of nitrogens with zero attached hydrogens (tertiary/aromatic N) is 2. The predicted octanol–water partition coefficient (Wildman–Crippen LogP) is 4.22. The Morgan fingerprint density at radius 1 is 1.25 bits per heavy atom. The fourth-order valence-corrected chi connectivity index (χ4v) is 2.63. The van der Waals surface area contributed by atoms with Gasteiger partial charge in [-0.25, -0.2) is 5.43 Å². The van der Waals surface area contributed by atoms with Crippen LogP contribution in [0.5, 0.6) is 11.5 Å². The molecule has 0 heterocycles. The Bertz CT molecular complexity index is 890. The van der Waals surface area contributed by atoms with E-state index >= 15 is 0 Å². The number of hydrazone groups is 1. The zero-order valence-corrected chi connectivity index (χ0v) is 16.4. The first kappa shape index (κ1) is 21.5. The number of nitro benzene ring substituents is 1. The number of hydrogen-bond donors (Lipinski definition) is 1. The van der Waals surface area contributed by atoms with Crippen LogP contribution >= 0.6 is 23.2 Å². The number of nitrogens with one attached hydrogen (secondary N) is 1. The van der Waals surface area contributed by atoms with E-state index in [2.05, 4.69) is 10.5 Å².